The Hall–Kier alpha value is 0.220. The van der Waals surface area contributed by atoms with Gasteiger partial charge in [0.05, 0.1) is 6.26 Å². The van der Waals surface area contributed by atoms with Crippen molar-refractivity contribution in [2.75, 3.05) is 37.4 Å². The first-order valence-electron chi connectivity index (χ1n) is 8.27. The van der Waals surface area contributed by atoms with Gasteiger partial charge < -0.3 is 5.32 Å². The van der Waals surface area contributed by atoms with Gasteiger partial charge in [-0.15, -0.1) is 0 Å². The van der Waals surface area contributed by atoms with E-state index in [9.17, 15) is 8.42 Å². The van der Waals surface area contributed by atoms with E-state index in [-0.39, 0.29) is 0 Å². The molecule has 0 aromatic carbocycles. The first-order valence-corrected chi connectivity index (χ1v) is 11.3. The first-order chi connectivity index (χ1) is 10.0. The van der Waals surface area contributed by atoms with E-state index in [2.05, 4.69) is 24.0 Å². The maximum atomic E-state index is 11.8. The summed E-state index contributed by atoms with van der Waals surface area (Å²) in [6, 6.07) is 0.574. The van der Waals surface area contributed by atoms with Crippen LogP contribution in [-0.4, -0.2) is 56.2 Å². The standard InChI is InChI=1S/C15H30N2O2S2/c1-3-7-16-15(14-6-9-20-12-14)10-13-5-4-8-17(11-13)21(2,18)19/h13-16H,3-12H2,1-2H3. The molecule has 2 aliphatic rings. The Bertz CT molecular complexity index is 408. The molecule has 0 aromatic heterocycles. The normalized spacial score (nSPS) is 29.6. The van der Waals surface area contributed by atoms with Crippen molar-refractivity contribution in [3.63, 3.8) is 0 Å². The van der Waals surface area contributed by atoms with Crippen molar-refractivity contribution in [3.05, 3.63) is 0 Å². The van der Waals surface area contributed by atoms with Gasteiger partial charge in [-0.25, -0.2) is 12.7 Å². The van der Waals surface area contributed by atoms with Gasteiger partial charge in [-0.1, -0.05) is 6.92 Å². The summed E-state index contributed by atoms with van der Waals surface area (Å²) in [4.78, 5) is 0. The molecule has 0 aromatic rings. The minimum atomic E-state index is -3.02. The quantitative estimate of drug-likeness (QED) is 0.775. The van der Waals surface area contributed by atoms with Crippen LogP contribution in [0, 0.1) is 11.8 Å². The van der Waals surface area contributed by atoms with Crippen LogP contribution in [0.5, 0.6) is 0 Å². The molecule has 0 amide bonds. The van der Waals surface area contributed by atoms with E-state index in [1.54, 1.807) is 4.31 Å². The molecule has 21 heavy (non-hydrogen) atoms. The molecule has 0 radical (unpaired) electrons. The summed E-state index contributed by atoms with van der Waals surface area (Å²) in [6.07, 6.45) is 7.14. The minimum absolute atomic E-state index is 0.522. The fraction of sp³-hybridized carbons (Fsp3) is 1.00. The molecule has 3 unspecified atom stereocenters. The van der Waals surface area contributed by atoms with Crippen LogP contribution < -0.4 is 5.32 Å². The molecular formula is C15H30N2O2S2. The van der Waals surface area contributed by atoms with Crippen molar-refractivity contribution in [2.45, 2.75) is 45.1 Å². The van der Waals surface area contributed by atoms with E-state index in [0.717, 1.165) is 38.3 Å². The van der Waals surface area contributed by atoms with Gasteiger partial charge in [-0.3, -0.25) is 0 Å². The molecule has 124 valence electrons. The Morgan fingerprint density at radius 3 is 2.81 bits per heavy atom. The molecule has 0 saturated carbocycles. The highest BCUT2D eigenvalue weighted by Crippen LogP contribution is 2.31. The fourth-order valence-corrected chi connectivity index (χ4v) is 5.80. The third-order valence-electron chi connectivity index (χ3n) is 4.73. The van der Waals surface area contributed by atoms with Crippen molar-refractivity contribution in [1.82, 2.24) is 9.62 Å². The summed E-state index contributed by atoms with van der Waals surface area (Å²) in [5.41, 5.74) is 0. The first kappa shape index (κ1) is 17.6. The Labute approximate surface area is 134 Å². The zero-order valence-corrected chi connectivity index (χ0v) is 15.0. The number of nitrogens with zero attached hydrogens (tertiary/aromatic N) is 1. The lowest BCUT2D eigenvalue weighted by Gasteiger charge is -2.35. The second-order valence-corrected chi connectivity index (χ2v) is 9.68. The van der Waals surface area contributed by atoms with Crippen LogP contribution in [0.3, 0.4) is 0 Å². The zero-order chi connectivity index (χ0) is 15.3. The lowest BCUT2D eigenvalue weighted by Crippen LogP contribution is -2.44. The molecular weight excluding hydrogens is 304 g/mol. The van der Waals surface area contributed by atoms with Crippen molar-refractivity contribution < 1.29 is 8.42 Å². The third-order valence-corrected chi connectivity index (χ3v) is 7.19. The van der Waals surface area contributed by atoms with Crippen molar-refractivity contribution in [3.8, 4) is 0 Å². The van der Waals surface area contributed by atoms with Crippen LogP contribution >= 0.6 is 11.8 Å². The van der Waals surface area contributed by atoms with Crippen LogP contribution in [-0.2, 0) is 10.0 Å². The highest BCUT2D eigenvalue weighted by molar-refractivity contribution is 7.99. The molecule has 0 spiro atoms. The Morgan fingerprint density at radius 1 is 1.38 bits per heavy atom. The van der Waals surface area contributed by atoms with E-state index in [4.69, 9.17) is 0 Å². The maximum Gasteiger partial charge on any atom is 0.211 e. The number of nitrogens with one attached hydrogen (secondary N) is 1. The molecule has 1 N–H and O–H groups in total. The van der Waals surface area contributed by atoms with Gasteiger partial charge in [0.15, 0.2) is 0 Å². The van der Waals surface area contributed by atoms with Crippen molar-refractivity contribution in [2.24, 2.45) is 11.8 Å². The second-order valence-electron chi connectivity index (χ2n) is 6.55. The van der Waals surface area contributed by atoms with Gasteiger partial charge in [0.2, 0.25) is 10.0 Å². The number of rotatable bonds is 7. The second kappa shape index (κ2) is 8.18. The SMILES string of the molecule is CCCNC(CC1CCCN(S(C)(=O)=O)C1)C1CCSC1. The van der Waals surface area contributed by atoms with E-state index in [1.807, 2.05) is 0 Å². The molecule has 2 heterocycles. The van der Waals surface area contributed by atoms with Gasteiger partial charge in [-0.2, -0.15) is 11.8 Å². The molecule has 2 saturated heterocycles. The van der Waals surface area contributed by atoms with Gasteiger partial charge in [-0.05, 0) is 62.0 Å². The highest BCUT2D eigenvalue weighted by Gasteiger charge is 2.31. The molecule has 3 atom stereocenters. The maximum absolute atomic E-state index is 11.8. The average Bonchev–Trinajstić information content (AvgIpc) is 2.97. The monoisotopic (exact) mass is 334 g/mol. The van der Waals surface area contributed by atoms with Crippen LogP contribution in [0.2, 0.25) is 0 Å². The number of hydrogen-bond acceptors (Lipinski definition) is 4. The summed E-state index contributed by atoms with van der Waals surface area (Å²) in [7, 11) is -3.02. The van der Waals surface area contributed by atoms with E-state index in [0.29, 0.717) is 18.5 Å². The molecule has 2 fully saturated rings. The fourth-order valence-electron chi connectivity index (χ4n) is 3.52. The Balaban J connectivity index is 1.92. The van der Waals surface area contributed by atoms with Gasteiger partial charge in [0, 0.05) is 19.1 Å². The summed E-state index contributed by atoms with van der Waals surface area (Å²) in [5.74, 6) is 3.85. The summed E-state index contributed by atoms with van der Waals surface area (Å²) in [6.45, 7) is 4.72. The minimum Gasteiger partial charge on any atom is -0.314 e. The van der Waals surface area contributed by atoms with Crippen molar-refractivity contribution >= 4 is 21.8 Å². The lowest BCUT2D eigenvalue weighted by atomic mass is 9.86. The van der Waals surface area contributed by atoms with Crippen LogP contribution in [0.1, 0.15) is 39.0 Å². The molecule has 2 aliphatic heterocycles. The highest BCUT2D eigenvalue weighted by atomic mass is 32.2. The smallest absolute Gasteiger partial charge is 0.211 e. The van der Waals surface area contributed by atoms with Gasteiger partial charge in [0.1, 0.15) is 0 Å². The summed E-state index contributed by atoms with van der Waals surface area (Å²) in [5, 5.41) is 3.73. The zero-order valence-electron chi connectivity index (χ0n) is 13.4. The average molecular weight is 335 g/mol. The van der Waals surface area contributed by atoms with Crippen LogP contribution in [0.25, 0.3) is 0 Å². The largest absolute Gasteiger partial charge is 0.314 e. The molecule has 2 rings (SSSR count). The molecule has 4 nitrogen and oxygen atoms in total. The number of sulfonamides is 1. The number of hydrogen-bond donors (Lipinski definition) is 1. The van der Waals surface area contributed by atoms with E-state index < -0.39 is 10.0 Å². The van der Waals surface area contributed by atoms with Crippen molar-refractivity contribution in [1.29, 1.82) is 0 Å². The summed E-state index contributed by atoms with van der Waals surface area (Å²) < 4.78 is 25.2. The third kappa shape index (κ3) is 5.41. The van der Waals surface area contributed by atoms with Crippen LogP contribution in [0.15, 0.2) is 0 Å². The van der Waals surface area contributed by atoms with Gasteiger partial charge >= 0.3 is 0 Å². The van der Waals surface area contributed by atoms with E-state index in [1.165, 1.54) is 30.6 Å². The predicted molar refractivity (Wildman–Crippen MR) is 91.3 cm³/mol. The topological polar surface area (TPSA) is 49.4 Å². The van der Waals surface area contributed by atoms with Crippen LogP contribution in [0.4, 0.5) is 0 Å². The Kier molecular flexibility index (Phi) is 6.84. The molecule has 0 aliphatic carbocycles. The molecule has 0 bridgehead atoms. The van der Waals surface area contributed by atoms with Gasteiger partial charge in [0.25, 0.3) is 0 Å². The predicted octanol–water partition coefficient (Wildman–Crippen LogP) is 2.17. The summed E-state index contributed by atoms with van der Waals surface area (Å²) >= 11 is 2.06. The number of piperidine rings is 1. The van der Waals surface area contributed by atoms with E-state index >= 15 is 0 Å². The Morgan fingerprint density at radius 2 is 2.19 bits per heavy atom. The molecule has 6 heteroatoms. The number of thioether (sulfide) groups is 1. The lowest BCUT2D eigenvalue weighted by molar-refractivity contribution is 0.219.